The molecule has 2 aromatic heterocycles. The molecule has 1 fully saturated rings. The monoisotopic (exact) mass is 482 g/mol. The third-order valence-corrected chi connectivity index (χ3v) is 6.48. The molecule has 0 spiro atoms. The van der Waals surface area contributed by atoms with Gasteiger partial charge < -0.3 is 28.7 Å². The molecule has 0 aliphatic carbocycles. The number of H-pyrrole nitrogens is 1. The highest BCUT2D eigenvalue weighted by molar-refractivity contribution is 5.83. The van der Waals surface area contributed by atoms with E-state index in [1.54, 1.807) is 18.2 Å². The van der Waals surface area contributed by atoms with E-state index in [0.29, 0.717) is 34.7 Å². The Kier molecular flexibility index (Phi) is 6.21. The van der Waals surface area contributed by atoms with Gasteiger partial charge in [0.05, 0.1) is 31.5 Å². The number of hydrogen-bond donors (Lipinski definition) is 2. The van der Waals surface area contributed by atoms with Crippen LogP contribution in [0.25, 0.3) is 10.9 Å². The Labute approximate surface area is 200 Å². The molecule has 0 bridgehead atoms. The number of carbonyl (C=O) groups is 1. The zero-order valence-electron chi connectivity index (χ0n) is 19.3. The summed E-state index contributed by atoms with van der Waals surface area (Å²) in [6.07, 6.45) is 2.98. The summed E-state index contributed by atoms with van der Waals surface area (Å²) in [6, 6.07) is 6.23. The SMILES string of the molecule is COC(=O)C[C@@H](c1oc(CN2CCCCC2)cc(=O)c1O)c1cc2cc3c(cc2[nH]c1=O)OCO3. The minimum Gasteiger partial charge on any atom is -0.502 e. The number of likely N-dealkylation sites (tertiary alicyclic amines) is 1. The maximum Gasteiger partial charge on any atom is 0.306 e. The van der Waals surface area contributed by atoms with E-state index in [9.17, 15) is 19.5 Å². The van der Waals surface area contributed by atoms with Crippen LogP contribution in [0.5, 0.6) is 17.2 Å². The predicted molar refractivity (Wildman–Crippen MR) is 125 cm³/mol. The number of benzene rings is 1. The first kappa shape index (κ1) is 23.0. The number of piperidine rings is 1. The van der Waals surface area contributed by atoms with Gasteiger partial charge in [0.15, 0.2) is 17.3 Å². The van der Waals surface area contributed by atoms with Crippen molar-refractivity contribution < 1.29 is 28.5 Å². The first-order chi connectivity index (χ1) is 16.9. The number of aromatic amines is 1. The van der Waals surface area contributed by atoms with Crippen LogP contribution in [0.15, 0.2) is 38.3 Å². The van der Waals surface area contributed by atoms with Gasteiger partial charge in [-0.25, -0.2) is 0 Å². The van der Waals surface area contributed by atoms with E-state index in [-0.39, 0.29) is 24.5 Å². The van der Waals surface area contributed by atoms with Crippen molar-refractivity contribution >= 4 is 16.9 Å². The lowest BCUT2D eigenvalue weighted by atomic mass is 9.92. The Balaban J connectivity index is 1.61. The van der Waals surface area contributed by atoms with E-state index >= 15 is 0 Å². The summed E-state index contributed by atoms with van der Waals surface area (Å²) in [4.78, 5) is 43.1. The second kappa shape index (κ2) is 9.46. The Morgan fingerprint density at radius 1 is 1.11 bits per heavy atom. The summed E-state index contributed by atoms with van der Waals surface area (Å²) >= 11 is 0. The number of methoxy groups -OCH3 is 1. The van der Waals surface area contributed by atoms with Gasteiger partial charge in [-0.1, -0.05) is 6.42 Å². The molecule has 1 atom stereocenters. The fraction of sp³-hybridized carbons (Fsp3) is 0.400. The minimum atomic E-state index is -1.05. The standard InChI is InChI=1S/C25H26N2O8/c1-32-22(29)10-16(17-7-14-8-20-21(34-13-33-20)11-18(14)26-25(17)31)24-23(30)19(28)9-15(35-24)12-27-5-3-2-4-6-27/h7-9,11,16,30H,2-6,10,12-13H2,1H3,(H,26,31)/t16-/m1/s1. The number of carbonyl (C=O) groups excluding carboxylic acids is 1. The molecule has 10 heteroatoms. The molecular formula is C25H26N2O8. The topological polar surface area (TPSA) is 131 Å². The van der Waals surface area contributed by atoms with Gasteiger partial charge in [-0.3, -0.25) is 19.3 Å². The maximum atomic E-state index is 13.1. The number of aromatic nitrogens is 1. The van der Waals surface area contributed by atoms with Crippen LogP contribution in [0.2, 0.25) is 0 Å². The molecule has 5 rings (SSSR count). The van der Waals surface area contributed by atoms with E-state index in [0.717, 1.165) is 32.4 Å². The van der Waals surface area contributed by atoms with Crippen molar-refractivity contribution in [1.82, 2.24) is 9.88 Å². The van der Waals surface area contributed by atoms with Gasteiger partial charge >= 0.3 is 5.97 Å². The highest BCUT2D eigenvalue weighted by Gasteiger charge is 2.30. The summed E-state index contributed by atoms with van der Waals surface area (Å²) in [5, 5.41) is 11.3. The largest absolute Gasteiger partial charge is 0.502 e. The lowest BCUT2D eigenvalue weighted by Gasteiger charge is -2.26. The van der Waals surface area contributed by atoms with Crippen LogP contribution < -0.4 is 20.5 Å². The Morgan fingerprint density at radius 2 is 1.86 bits per heavy atom. The minimum absolute atomic E-state index is 0.0799. The molecule has 0 amide bonds. The molecule has 0 radical (unpaired) electrons. The number of ether oxygens (including phenoxy) is 3. The van der Waals surface area contributed by atoms with Gasteiger partial charge in [-0.2, -0.15) is 0 Å². The summed E-state index contributed by atoms with van der Waals surface area (Å²) in [6.45, 7) is 2.24. The van der Waals surface area contributed by atoms with Gasteiger partial charge in [-0.05, 0) is 38.1 Å². The molecule has 4 heterocycles. The lowest BCUT2D eigenvalue weighted by molar-refractivity contribution is -0.140. The number of hydrogen-bond acceptors (Lipinski definition) is 9. The summed E-state index contributed by atoms with van der Waals surface area (Å²) in [7, 11) is 1.23. The molecule has 1 saturated heterocycles. The zero-order chi connectivity index (χ0) is 24.5. The van der Waals surface area contributed by atoms with Crippen molar-refractivity contribution in [1.29, 1.82) is 0 Å². The molecule has 35 heavy (non-hydrogen) atoms. The molecule has 2 N–H and O–H groups in total. The normalized spacial score (nSPS) is 16.4. The molecule has 1 aromatic carbocycles. The summed E-state index contributed by atoms with van der Waals surface area (Å²) < 4.78 is 21.6. The van der Waals surface area contributed by atoms with Gasteiger partial charge in [0.2, 0.25) is 18.0 Å². The van der Waals surface area contributed by atoms with Gasteiger partial charge in [0, 0.05) is 23.1 Å². The Bertz CT molecular complexity index is 1390. The van der Waals surface area contributed by atoms with E-state index in [4.69, 9.17) is 18.6 Å². The van der Waals surface area contributed by atoms with E-state index in [1.807, 2.05) is 0 Å². The van der Waals surface area contributed by atoms with Gasteiger partial charge in [0.1, 0.15) is 5.76 Å². The van der Waals surface area contributed by atoms with E-state index in [1.165, 1.54) is 13.2 Å². The van der Waals surface area contributed by atoms with Crippen LogP contribution in [-0.4, -0.2) is 48.0 Å². The number of pyridine rings is 1. The highest BCUT2D eigenvalue weighted by Crippen LogP contribution is 2.37. The average Bonchev–Trinajstić information content (AvgIpc) is 3.31. The average molecular weight is 482 g/mol. The van der Waals surface area contributed by atoms with E-state index < -0.39 is 28.6 Å². The van der Waals surface area contributed by atoms with Crippen molar-refractivity contribution in [2.75, 3.05) is 27.0 Å². The van der Waals surface area contributed by atoms with Crippen LogP contribution in [0, 0.1) is 0 Å². The first-order valence-electron chi connectivity index (χ1n) is 11.5. The van der Waals surface area contributed by atoms with E-state index in [2.05, 4.69) is 9.88 Å². The molecule has 0 unspecified atom stereocenters. The first-order valence-corrected chi connectivity index (χ1v) is 11.5. The molecule has 184 valence electrons. The quantitative estimate of drug-likeness (QED) is 0.509. The molecule has 10 nitrogen and oxygen atoms in total. The number of nitrogens with zero attached hydrogens (tertiary/aromatic N) is 1. The third kappa shape index (κ3) is 4.61. The number of aromatic hydroxyl groups is 1. The Hall–Kier alpha value is -3.79. The second-order valence-corrected chi connectivity index (χ2v) is 8.81. The van der Waals surface area contributed by atoms with Crippen LogP contribution in [0.4, 0.5) is 0 Å². The number of fused-ring (bicyclic) bond motifs is 2. The number of nitrogens with one attached hydrogen (secondary N) is 1. The fourth-order valence-corrected chi connectivity index (χ4v) is 4.67. The second-order valence-electron chi connectivity index (χ2n) is 8.81. The van der Waals surface area contributed by atoms with Crippen molar-refractivity contribution in [3.05, 3.63) is 61.9 Å². The number of rotatable bonds is 6. The molecule has 2 aliphatic heterocycles. The molecule has 2 aliphatic rings. The van der Waals surface area contributed by atoms with Gasteiger partial charge in [0.25, 0.3) is 5.56 Å². The predicted octanol–water partition coefficient (Wildman–Crippen LogP) is 2.60. The maximum absolute atomic E-state index is 13.1. The third-order valence-electron chi connectivity index (χ3n) is 6.48. The zero-order valence-corrected chi connectivity index (χ0v) is 19.3. The molecular weight excluding hydrogens is 456 g/mol. The van der Waals surface area contributed by atoms with Crippen molar-refractivity contribution in [3.63, 3.8) is 0 Å². The van der Waals surface area contributed by atoms with Crippen molar-refractivity contribution in [3.8, 4) is 17.2 Å². The molecule has 0 saturated carbocycles. The van der Waals surface area contributed by atoms with Crippen molar-refractivity contribution in [2.45, 2.75) is 38.1 Å². The Morgan fingerprint density at radius 3 is 2.60 bits per heavy atom. The smallest absolute Gasteiger partial charge is 0.306 e. The molecule has 3 aromatic rings. The van der Waals surface area contributed by atoms with Crippen LogP contribution in [-0.2, 0) is 16.1 Å². The highest BCUT2D eigenvalue weighted by atomic mass is 16.7. The van der Waals surface area contributed by atoms with Gasteiger partial charge in [-0.15, -0.1) is 0 Å². The van der Waals surface area contributed by atoms with Crippen molar-refractivity contribution in [2.24, 2.45) is 0 Å². The fourth-order valence-electron chi connectivity index (χ4n) is 4.67. The lowest BCUT2D eigenvalue weighted by Crippen LogP contribution is -2.29. The van der Waals surface area contributed by atoms with Crippen LogP contribution in [0.1, 0.15) is 48.7 Å². The number of esters is 1. The summed E-state index contributed by atoms with van der Waals surface area (Å²) in [5.74, 6) is -1.04. The van der Waals surface area contributed by atoms with Crippen LogP contribution >= 0.6 is 0 Å². The van der Waals surface area contributed by atoms with Crippen LogP contribution in [0.3, 0.4) is 0 Å². The summed E-state index contributed by atoms with van der Waals surface area (Å²) in [5.41, 5.74) is -0.456.